The summed E-state index contributed by atoms with van der Waals surface area (Å²) in [7, 11) is 0. The Labute approximate surface area is 154 Å². The highest BCUT2D eigenvalue weighted by Crippen LogP contribution is 2.34. The normalized spacial score (nSPS) is 12.2. The first-order valence-electron chi connectivity index (χ1n) is 8.33. The lowest BCUT2D eigenvalue weighted by atomic mass is 9.83. The minimum Gasteiger partial charge on any atom is -0.337 e. The van der Waals surface area contributed by atoms with E-state index in [2.05, 4.69) is 55.1 Å². The van der Waals surface area contributed by atoms with E-state index in [1.165, 1.54) is 22.3 Å². The maximum Gasteiger partial charge on any atom is 0.216 e. The van der Waals surface area contributed by atoms with Crippen LogP contribution >= 0.6 is 12.6 Å². The lowest BCUT2D eigenvalue weighted by Gasteiger charge is -2.25. The fraction of sp³-hybridized carbons (Fsp3) is 0.238. The lowest BCUT2D eigenvalue weighted by molar-refractivity contribution is 0.109. The van der Waals surface area contributed by atoms with E-state index in [1.807, 2.05) is 36.8 Å². The molecule has 0 saturated carbocycles. The molecule has 0 aliphatic carbocycles. The van der Waals surface area contributed by atoms with Crippen LogP contribution in [0.15, 0.2) is 55.1 Å². The summed E-state index contributed by atoms with van der Waals surface area (Å²) >= 11 is 4.09. The van der Waals surface area contributed by atoms with Crippen LogP contribution in [0.2, 0.25) is 0 Å². The standard InChI is InChI=1S/C21H22N2OS/c1-14-10-15(2)20(16(3)11-14)19(12-23-9-8-22-13-23)17-6-4-5-7-18(17)21(24)25/h4-11,13,19H,12H2,1-3H3,(H,24,25). The van der Waals surface area contributed by atoms with E-state index in [9.17, 15) is 4.79 Å². The highest BCUT2D eigenvalue weighted by molar-refractivity contribution is 7.97. The van der Waals surface area contributed by atoms with E-state index in [-0.39, 0.29) is 11.0 Å². The summed E-state index contributed by atoms with van der Waals surface area (Å²) in [5.74, 6) is 0.0575. The van der Waals surface area contributed by atoms with Crippen molar-refractivity contribution in [2.75, 3.05) is 0 Å². The van der Waals surface area contributed by atoms with Crippen molar-refractivity contribution in [3.63, 3.8) is 0 Å². The number of benzene rings is 2. The number of aromatic nitrogens is 2. The summed E-state index contributed by atoms with van der Waals surface area (Å²) < 4.78 is 2.06. The van der Waals surface area contributed by atoms with E-state index in [0.29, 0.717) is 5.56 Å². The maximum absolute atomic E-state index is 12.1. The molecule has 1 unspecified atom stereocenters. The second-order valence-corrected chi connectivity index (χ2v) is 6.92. The first-order chi connectivity index (χ1) is 12.0. The quantitative estimate of drug-likeness (QED) is 0.676. The molecule has 0 N–H and O–H groups in total. The molecule has 0 aliphatic heterocycles. The summed E-state index contributed by atoms with van der Waals surface area (Å²) in [6.45, 7) is 7.12. The minimum atomic E-state index is -0.200. The van der Waals surface area contributed by atoms with Crippen molar-refractivity contribution in [1.82, 2.24) is 9.55 Å². The zero-order valence-corrected chi connectivity index (χ0v) is 15.6. The van der Waals surface area contributed by atoms with Gasteiger partial charge in [0, 0.05) is 30.4 Å². The maximum atomic E-state index is 12.1. The van der Waals surface area contributed by atoms with Crippen molar-refractivity contribution in [3.05, 3.63) is 88.5 Å². The predicted molar refractivity (Wildman–Crippen MR) is 104 cm³/mol. The molecule has 3 rings (SSSR count). The summed E-state index contributed by atoms with van der Waals surface area (Å²) in [6, 6.07) is 12.2. The molecule has 0 bridgehead atoms. The second kappa shape index (κ2) is 7.28. The Bertz CT molecular complexity index is 877. The number of aryl methyl sites for hydroxylation is 3. The highest BCUT2D eigenvalue weighted by Gasteiger charge is 2.23. The lowest BCUT2D eigenvalue weighted by Crippen LogP contribution is -2.15. The summed E-state index contributed by atoms with van der Waals surface area (Å²) in [6.07, 6.45) is 5.55. The third-order valence-corrected chi connectivity index (χ3v) is 4.85. The third kappa shape index (κ3) is 3.69. The van der Waals surface area contributed by atoms with E-state index in [0.717, 1.165) is 12.1 Å². The second-order valence-electron chi connectivity index (χ2n) is 6.52. The van der Waals surface area contributed by atoms with Gasteiger partial charge in [0.1, 0.15) is 0 Å². The fourth-order valence-electron chi connectivity index (χ4n) is 3.69. The van der Waals surface area contributed by atoms with Gasteiger partial charge in [-0.3, -0.25) is 4.79 Å². The average molecular weight is 350 g/mol. The molecule has 3 nitrogen and oxygen atoms in total. The van der Waals surface area contributed by atoms with Crippen molar-refractivity contribution in [1.29, 1.82) is 0 Å². The van der Waals surface area contributed by atoms with Crippen LogP contribution in [0.4, 0.5) is 0 Å². The van der Waals surface area contributed by atoms with Gasteiger partial charge in [0.05, 0.1) is 6.33 Å². The largest absolute Gasteiger partial charge is 0.337 e. The van der Waals surface area contributed by atoms with Gasteiger partial charge < -0.3 is 4.57 Å². The van der Waals surface area contributed by atoms with E-state index in [4.69, 9.17) is 0 Å². The van der Waals surface area contributed by atoms with Gasteiger partial charge in [-0.1, -0.05) is 42.0 Å². The topological polar surface area (TPSA) is 34.9 Å². The predicted octanol–water partition coefficient (Wildman–Crippen LogP) is 4.71. The van der Waals surface area contributed by atoms with Gasteiger partial charge >= 0.3 is 0 Å². The molecule has 4 heteroatoms. The SMILES string of the molecule is Cc1cc(C)c(C(Cn2ccnc2)c2ccccc2C(=O)S)c(C)c1. The van der Waals surface area contributed by atoms with Crippen LogP contribution in [0.3, 0.4) is 0 Å². The number of carbonyl (C=O) groups is 1. The number of rotatable bonds is 5. The smallest absolute Gasteiger partial charge is 0.216 e. The number of thiol groups is 1. The first-order valence-corrected chi connectivity index (χ1v) is 8.77. The van der Waals surface area contributed by atoms with Gasteiger partial charge in [0.2, 0.25) is 5.12 Å². The van der Waals surface area contributed by atoms with Crippen molar-refractivity contribution in [2.45, 2.75) is 33.2 Å². The van der Waals surface area contributed by atoms with Crippen LogP contribution in [0.1, 0.15) is 44.1 Å². The molecular weight excluding hydrogens is 328 g/mol. The van der Waals surface area contributed by atoms with Gasteiger partial charge in [-0.2, -0.15) is 0 Å². The number of nitrogens with zero attached hydrogens (tertiary/aromatic N) is 2. The summed E-state index contributed by atoms with van der Waals surface area (Å²) in [5.41, 5.74) is 6.66. The van der Waals surface area contributed by atoms with Gasteiger partial charge in [-0.05, 0) is 43.0 Å². The van der Waals surface area contributed by atoms with Crippen molar-refractivity contribution < 1.29 is 4.79 Å². The molecular formula is C21H22N2OS. The molecule has 0 aliphatic rings. The minimum absolute atomic E-state index is 0.0575. The van der Waals surface area contributed by atoms with Gasteiger partial charge in [-0.15, -0.1) is 12.6 Å². The molecule has 128 valence electrons. The van der Waals surface area contributed by atoms with Crippen molar-refractivity contribution >= 4 is 17.7 Å². The van der Waals surface area contributed by atoms with E-state index >= 15 is 0 Å². The highest BCUT2D eigenvalue weighted by atomic mass is 32.1. The Morgan fingerprint density at radius 3 is 2.44 bits per heavy atom. The van der Waals surface area contributed by atoms with E-state index in [1.54, 1.807) is 6.20 Å². The van der Waals surface area contributed by atoms with Crippen LogP contribution < -0.4 is 0 Å². The number of hydrogen-bond acceptors (Lipinski definition) is 2. The van der Waals surface area contributed by atoms with Crippen molar-refractivity contribution in [3.8, 4) is 0 Å². The molecule has 0 radical (unpaired) electrons. The Balaban J connectivity index is 2.20. The van der Waals surface area contributed by atoms with Crippen LogP contribution in [-0.2, 0) is 6.54 Å². The molecule has 0 saturated heterocycles. The number of imidazole rings is 1. The third-order valence-electron chi connectivity index (χ3n) is 4.61. The molecule has 3 aromatic rings. The van der Waals surface area contributed by atoms with Gasteiger partial charge in [0.15, 0.2) is 0 Å². The molecule has 0 fully saturated rings. The average Bonchev–Trinajstić information content (AvgIpc) is 3.06. The Morgan fingerprint density at radius 2 is 1.84 bits per heavy atom. The summed E-state index contributed by atoms with van der Waals surface area (Å²) in [5, 5.41) is -0.200. The zero-order chi connectivity index (χ0) is 18.0. The molecule has 0 amide bonds. The molecule has 25 heavy (non-hydrogen) atoms. The molecule has 1 aromatic heterocycles. The molecule has 2 aromatic carbocycles. The van der Waals surface area contributed by atoms with Crippen molar-refractivity contribution in [2.24, 2.45) is 0 Å². The number of carbonyl (C=O) groups excluding carboxylic acids is 1. The molecule has 0 spiro atoms. The first kappa shape index (κ1) is 17.5. The van der Waals surface area contributed by atoms with Gasteiger partial charge in [-0.25, -0.2) is 4.98 Å². The van der Waals surface area contributed by atoms with Crippen LogP contribution in [-0.4, -0.2) is 14.7 Å². The monoisotopic (exact) mass is 350 g/mol. The van der Waals surface area contributed by atoms with Crippen LogP contribution in [0.25, 0.3) is 0 Å². The number of hydrogen-bond donors (Lipinski definition) is 1. The Kier molecular flexibility index (Phi) is 5.09. The van der Waals surface area contributed by atoms with E-state index < -0.39 is 0 Å². The molecule has 1 heterocycles. The Hall–Kier alpha value is -2.33. The summed E-state index contributed by atoms with van der Waals surface area (Å²) in [4.78, 5) is 16.2. The van der Waals surface area contributed by atoms with Gasteiger partial charge in [0.25, 0.3) is 0 Å². The van der Waals surface area contributed by atoms with Crippen LogP contribution in [0.5, 0.6) is 0 Å². The fourth-order valence-corrected chi connectivity index (χ4v) is 3.89. The van der Waals surface area contributed by atoms with Crippen LogP contribution in [0, 0.1) is 20.8 Å². The molecule has 1 atom stereocenters. The zero-order valence-electron chi connectivity index (χ0n) is 14.7. The Morgan fingerprint density at radius 1 is 1.16 bits per heavy atom.